The van der Waals surface area contributed by atoms with Gasteiger partial charge in [-0.3, -0.25) is 4.79 Å². The smallest absolute Gasteiger partial charge is 0.337 e. The Bertz CT molecular complexity index is 781. The van der Waals surface area contributed by atoms with E-state index >= 15 is 0 Å². The van der Waals surface area contributed by atoms with E-state index in [-0.39, 0.29) is 22.4 Å². The highest BCUT2D eigenvalue weighted by molar-refractivity contribution is 6.13. The van der Waals surface area contributed by atoms with E-state index in [0.717, 1.165) is 6.07 Å². The average Bonchev–Trinajstić information content (AvgIpc) is 2.56. The summed E-state index contributed by atoms with van der Waals surface area (Å²) < 4.78 is 0. The Morgan fingerprint density at radius 2 is 1.54 bits per heavy atom. The highest BCUT2D eigenvalue weighted by Gasteiger charge is 2.23. The number of carboxylic acids is 1. The van der Waals surface area contributed by atoms with Crippen molar-refractivity contribution in [3.63, 3.8) is 0 Å². The topological polar surface area (TPSA) is 98.1 Å². The standard InChI is InChI=1S/C18H19NO5/c1-3-19(4-2)14-9-13(16(21)10-12(14)18(23)24)17(22)11-7-5-6-8-15(11)20/h5-10,20-21H,3-4H2,1-2H3,(H,23,24). The average molecular weight is 329 g/mol. The Balaban J connectivity index is 2.63. The summed E-state index contributed by atoms with van der Waals surface area (Å²) in [4.78, 5) is 25.9. The van der Waals surface area contributed by atoms with Crippen LogP contribution < -0.4 is 4.90 Å². The molecule has 0 amide bonds. The molecule has 0 aliphatic carbocycles. The zero-order valence-electron chi connectivity index (χ0n) is 13.5. The number of rotatable bonds is 6. The molecule has 126 valence electrons. The molecule has 6 heteroatoms. The number of para-hydroxylation sites is 1. The van der Waals surface area contributed by atoms with Crippen LogP contribution in [0.15, 0.2) is 36.4 Å². The minimum absolute atomic E-state index is 0.0429. The van der Waals surface area contributed by atoms with Crippen molar-refractivity contribution in [1.82, 2.24) is 0 Å². The lowest BCUT2D eigenvalue weighted by Gasteiger charge is -2.24. The number of phenolic OH excluding ortho intramolecular Hbond substituents is 2. The van der Waals surface area contributed by atoms with Gasteiger partial charge in [-0.05, 0) is 38.1 Å². The SMILES string of the molecule is CCN(CC)c1cc(C(=O)c2ccccc2O)c(O)cc1C(=O)O. The molecule has 0 bridgehead atoms. The number of hydrogen-bond acceptors (Lipinski definition) is 5. The summed E-state index contributed by atoms with van der Waals surface area (Å²) in [5.41, 5.74) is 0.263. The Morgan fingerprint density at radius 1 is 0.917 bits per heavy atom. The largest absolute Gasteiger partial charge is 0.507 e. The first-order valence-electron chi connectivity index (χ1n) is 7.58. The predicted octanol–water partition coefficient (Wildman–Crippen LogP) is 2.87. The molecule has 0 fully saturated rings. The molecule has 2 aromatic rings. The van der Waals surface area contributed by atoms with Crippen molar-refractivity contribution in [1.29, 1.82) is 0 Å². The first kappa shape index (κ1) is 17.3. The molecule has 0 aliphatic heterocycles. The molecule has 0 aliphatic rings. The van der Waals surface area contributed by atoms with Crippen LogP contribution in [0.5, 0.6) is 11.5 Å². The molecule has 0 atom stereocenters. The van der Waals surface area contributed by atoms with E-state index in [1.807, 2.05) is 13.8 Å². The zero-order valence-corrected chi connectivity index (χ0v) is 13.5. The fourth-order valence-corrected chi connectivity index (χ4v) is 2.57. The van der Waals surface area contributed by atoms with E-state index in [1.54, 1.807) is 17.0 Å². The molecule has 2 aromatic carbocycles. The molecule has 0 heterocycles. The van der Waals surface area contributed by atoms with Crippen molar-refractivity contribution in [3.05, 3.63) is 53.1 Å². The van der Waals surface area contributed by atoms with Crippen LogP contribution in [0.4, 0.5) is 5.69 Å². The number of carboxylic acid groups (broad SMARTS) is 1. The fraction of sp³-hybridized carbons (Fsp3) is 0.222. The quantitative estimate of drug-likeness (QED) is 0.705. The van der Waals surface area contributed by atoms with Gasteiger partial charge >= 0.3 is 5.97 Å². The molecule has 6 nitrogen and oxygen atoms in total. The minimum atomic E-state index is -1.19. The molecular weight excluding hydrogens is 310 g/mol. The minimum Gasteiger partial charge on any atom is -0.507 e. The summed E-state index contributed by atoms with van der Waals surface area (Å²) in [5.74, 6) is -2.39. The number of aromatic hydroxyl groups is 2. The van der Waals surface area contributed by atoms with Crippen LogP contribution in [0.2, 0.25) is 0 Å². The first-order valence-corrected chi connectivity index (χ1v) is 7.58. The second-order valence-electron chi connectivity index (χ2n) is 5.21. The molecule has 0 aromatic heterocycles. The van der Waals surface area contributed by atoms with E-state index < -0.39 is 17.5 Å². The summed E-state index contributed by atoms with van der Waals surface area (Å²) in [5, 5.41) is 29.3. The van der Waals surface area contributed by atoms with Crippen LogP contribution in [-0.4, -0.2) is 40.2 Å². The van der Waals surface area contributed by atoms with Gasteiger partial charge in [0.25, 0.3) is 0 Å². The normalized spacial score (nSPS) is 10.4. The van der Waals surface area contributed by atoms with Gasteiger partial charge in [-0.25, -0.2) is 4.79 Å². The maximum atomic E-state index is 12.6. The molecule has 3 N–H and O–H groups in total. The third-order valence-corrected chi connectivity index (χ3v) is 3.84. The van der Waals surface area contributed by atoms with Crippen LogP contribution in [-0.2, 0) is 0 Å². The molecular formula is C18H19NO5. The fourth-order valence-electron chi connectivity index (χ4n) is 2.57. The van der Waals surface area contributed by atoms with Gasteiger partial charge < -0.3 is 20.2 Å². The number of hydrogen-bond donors (Lipinski definition) is 3. The molecule has 0 saturated heterocycles. The van der Waals surface area contributed by atoms with Crippen LogP contribution in [0.1, 0.15) is 40.1 Å². The van der Waals surface area contributed by atoms with E-state index in [4.69, 9.17) is 0 Å². The van der Waals surface area contributed by atoms with E-state index in [9.17, 15) is 24.9 Å². The van der Waals surface area contributed by atoms with Crippen LogP contribution in [0, 0.1) is 0 Å². The van der Waals surface area contributed by atoms with Gasteiger partial charge in [-0.15, -0.1) is 0 Å². The Morgan fingerprint density at radius 3 is 2.08 bits per heavy atom. The third kappa shape index (κ3) is 3.17. The number of carbonyl (C=O) groups excluding carboxylic acids is 1. The van der Waals surface area contributed by atoms with Crippen molar-refractivity contribution < 1.29 is 24.9 Å². The monoisotopic (exact) mass is 329 g/mol. The van der Waals surface area contributed by atoms with E-state index in [0.29, 0.717) is 18.8 Å². The second kappa shape index (κ2) is 7.04. The van der Waals surface area contributed by atoms with Crippen molar-refractivity contribution in [3.8, 4) is 11.5 Å². The summed E-state index contributed by atoms with van der Waals surface area (Å²) in [6.07, 6.45) is 0. The number of phenols is 2. The first-order chi connectivity index (χ1) is 11.4. The van der Waals surface area contributed by atoms with Gasteiger partial charge in [-0.1, -0.05) is 12.1 Å². The van der Waals surface area contributed by atoms with Crippen molar-refractivity contribution >= 4 is 17.4 Å². The highest BCUT2D eigenvalue weighted by Crippen LogP contribution is 2.32. The molecule has 0 radical (unpaired) electrons. The van der Waals surface area contributed by atoms with Gasteiger partial charge in [0.2, 0.25) is 5.78 Å². The molecule has 0 spiro atoms. The summed E-state index contributed by atoms with van der Waals surface area (Å²) in [6, 6.07) is 8.44. The highest BCUT2D eigenvalue weighted by atomic mass is 16.4. The van der Waals surface area contributed by atoms with Gasteiger partial charge in [0.1, 0.15) is 11.5 Å². The van der Waals surface area contributed by atoms with E-state index in [2.05, 4.69) is 0 Å². The summed E-state index contributed by atoms with van der Waals surface area (Å²) in [7, 11) is 0. The summed E-state index contributed by atoms with van der Waals surface area (Å²) >= 11 is 0. The van der Waals surface area contributed by atoms with Gasteiger partial charge in [0.05, 0.1) is 22.4 Å². The molecule has 2 rings (SSSR count). The van der Waals surface area contributed by atoms with Crippen molar-refractivity contribution in [2.24, 2.45) is 0 Å². The molecule has 0 unspecified atom stereocenters. The number of aromatic carboxylic acids is 1. The maximum absolute atomic E-state index is 12.6. The van der Waals surface area contributed by atoms with Gasteiger partial charge in [-0.2, -0.15) is 0 Å². The second-order valence-corrected chi connectivity index (χ2v) is 5.21. The Labute approximate surface area is 139 Å². The van der Waals surface area contributed by atoms with Gasteiger partial charge in [0.15, 0.2) is 0 Å². The summed E-state index contributed by atoms with van der Waals surface area (Å²) in [6.45, 7) is 4.83. The number of anilines is 1. The van der Waals surface area contributed by atoms with Crippen LogP contribution in [0.25, 0.3) is 0 Å². The number of nitrogens with zero attached hydrogens (tertiary/aromatic N) is 1. The molecule has 24 heavy (non-hydrogen) atoms. The lowest BCUT2D eigenvalue weighted by molar-refractivity contribution is 0.0696. The lowest BCUT2D eigenvalue weighted by Crippen LogP contribution is -2.24. The predicted molar refractivity (Wildman–Crippen MR) is 90.2 cm³/mol. The zero-order chi connectivity index (χ0) is 17.9. The number of benzene rings is 2. The molecule has 0 saturated carbocycles. The maximum Gasteiger partial charge on any atom is 0.337 e. The van der Waals surface area contributed by atoms with Crippen molar-refractivity contribution in [2.45, 2.75) is 13.8 Å². The third-order valence-electron chi connectivity index (χ3n) is 3.84. The number of ketones is 1. The Hall–Kier alpha value is -3.02. The Kier molecular flexibility index (Phi) is 5.08. The van der Waals surface area contributed by atoms with Crippen LogP contribution >= 0.6 is 0 Å². The lowest BCUT2D eigenvalue weighted by atomic mass is 9.98. The van der Waals surface area contributed by atoms with Crippen molar-refractivity contribution in [2.75, 3.05) is 18.0 Å². The van der Waals surface area contributed by atoms with Gasteiger partial charge in [0, 0.05) is 13.1 Å². The van der Waals surface area contributed by atoms with Crippen LogP contribution in [0.3, 0.4) is 0 Å². The number of carbonyl (C=O) groups is 2. The van der Waals surface area contributed by atoms with E-state index in [1.165, 1.54) is 18.2 Å².